The van der Waals surface area contributed by atoms with Crippen molar-refractivity contribution in [2.75, 3.05) is 39.8 Å². The van der Waals surface area contributed by atoms with E-state index in [1.54, 1.807) is 7.11 Å². The molecule has 3 fully saturated rings. The number of likely N-dealkylation sites (tertiary alicyclic amines) is 1. The van der Waals surface area contributed by atoms with Gasteiger partial charge < -0.3 is 15.4 Å². The number of nitrogens with one attached hydrogen (secondary N) is 2. The Labute approximate surface area is 162 Å². The Bertz CT molecular complexity index is 659. The topological polar surface area (TPSA) is 53.6 Å². The van der Waals surface area contributed by atoms with Crippen molar-refractivity contribution in [1.82, 2.24) is 15.5 Å². The molecule has 1 aromatic rings. The molecule has 27 heavy (non-hydrogen) atoms. The summed E-state index contributed by atoms with van der Waals surface area (Å²) in [6, 6.07) is 8.43. The van der Waals surface area contributed by atoms with E-state index in [4.69, 9.17) is 4.74 Å². The van der Waals surface area contributed by atoms with E-state index in [2.05, 4.69) is 27.7 Å². The molecule has 0 radical (unpaired) electrons. The Hall–Kier alpha value is -1.59. The second-order valence-corrected chi connectivity index (χ2v) is 8.44. The number of ether oxygens (including phenoxy) is 1. The van der Waals surface area contributed by atoms with Gasteiger partial charge in [0, 0.05) is 18.7 Å². The van der Waals surface area contributed by atoms with Gasteiger partial charge in [0.2, 0.25) is 5.91 Å². The SMILES string of the molecule is COc1ccccc1C(CNC(=O)[C@@]12CCCC[C@H]1CNC2)N1CCCC1. The molecule has 1 amide bonds. The van der Waals surface area contributed by atoms with Crippen LogP contribution in [0.2, 0.25) is 0 Å². The Morgan fingerprint density at radius 1 is 1.30 bits per heavy atom. The molecule has 2 heterocycles. The lowest BCUT2D eigenvalue weighted by Gasteiger charge is -2.38. The van der Waals surface area contributed by atoms with Gasteiger partial charge in [0.25, 0.3) is 0 Å². The molecule has 2 N–H and O–H groups in total. The highest BCUT2D eigenvalue weighted by Gasteiger charge is 2.49. The first-order valence-corrected chi connectivity index (χ1v) is 10.6. The molecule has 3 atom stereocenters. The Morgan fingerprint density at radius 3 is 2.93 bits per heavy atom. The van der Waals surface area contributed by atoms with Crippen LogP contribution in [0.3, 0.4) is 0 Å². The number of carbonyl (C=O) groups is 1. The largest absolute Gasteiger partial charge is 0.496 e. The molecule has 1 aromatic carbocycles. The van der Waals surface area contributed by atoms with Crippen LogP contribution in [0, 0.1) is 11.3 Å². The van der Waals surface area contributed by atoms with Gasteiger partial charge in [0.1, 0.15) is 5.75 Å². The van der Waals surface area contributed by atoms with Crippen LogP contribution in [-0.2, 0) is 4.79 Å². The minimum Gasteiger partial charge on any atom is -0.496 e. The van der Waals surface area contributed by atoms with E-state index in [0.717, 1.165) is 38.3 Å². The molecular formula is C22H33N3O2. The molecule has 4 rings (SSSR count). The third-order valence-electron chi connectivity index (χ3n) is 7.03. The average molecular weight is 372 g/mol. The second-order valence-electron chi connectivity index (χ2n) is 8.44. The van der Waals surface area contributed by atoms with Crippen LogP contribution >= 0.6 is 0 Å². The van der Waals surface area contributed by atoms with Crippen LogP contribution in [0.25, 0.3) is 0 Å². The summed E-state index contributed by atoms with van der Waals surface area (Å²) < 4.78 is 5.63. The van der Waals surface area contributed by atoms with Crippen molar-refractivity contribution in [3.8, 4) is 5.75 Å². The van der Waals surface area contributed by atoms with E-state index in [1.807, 2.05) is 12.1 Å². The van der Waals surface area contributed by atoms with Crippen molar-refractivity contribution < 1.29 is 9.53 Å². The van der Waals surface area contributed by atoms with Gasteiger partial charge in [-0.2, -0.15) is 0 Å². The molecular weight excluding hydrogens is 338 g/mol. The lowest BCUT2D eigenvalue weighted by Crippen LogP contribution is -2.49. The molecule has 1 aliphatic carbocycles. The number of carbonyl (C=O) groups excluding carboxylic acids is 1. The molecule has 3 aliphatic rings. The lowest BCUT2D eigenvalue weighted by molar-refractivity contribution is -0.134. The number of hydrogen-bond acceptors (Lipinski definition) is 4. The van der Waals surface area contributed by atoms with Gasteiger partial charge in [0.15, 0.2) is 0 Å². The maximum atomic E-state index is 13.3. The predicted molar refractivity (Wildman–Crippen MR) is 107 cm³/mol. The molecule has 5 nitrogen and oxygen atoms in total. The van der Waals surface area contributed by atoms with Crippen molar-refractivity contribution in [3.05, 3.63) is 29.8 Å². The fourth-order valence-corrected chi connectivity index (χ4v) is 5.49. The molecule has 5 heteroatoms. The van der Waals surface area contributed by atoms with Gasteiger partial charge in [-0.1, -0.05) is 31.0 Å². The molecule has 0 bridgehead atoms. The summed E-state index contributed by atoms with van der Waals surface area (Å²) in [5.41, 5.74) is 0.999. The van der Waals surface area contributed by atoms with Gasteiger partial charge in [-0.25, -0.2) is 0 Å². The van der Waals surface area contributed by atoms with Crippen LogP contribution in [0.4, 0.5) is 0 Å². The van der Waals surface area contributed by atoms with Crippen molar-refractivity contribution in [2.24, 2.45) is 11.3 Å². The number of para-hydroxylation sites is 1. The van der Waals surface area contributed by atoms with E-state index >= 15 is 0 Å². The number of rotatable bonds is 6. The molecule has 1 unspecified atom stereocenters. The van der Waals surface area contributed by atoms with Crippen molar-refractivity contribution >= 4 is 5.91 Å². The van der Waals surface area contributed by atoms with E-state index in [1.165, 1.54) is 37.7 Å². The van der Waals surface area contributed by atoms with E-state index < -0.39 is 0 Å². The van der Waals surface area contributed by atoms with E-state index in [-0.39, 0.29) is 17.4 Å². The monoisotopic (exact) mass is 371 g/mol. The summed E-state index contributed by atoms with van der Waals surface area (Å²) >= 11 is 0. The minimum absolute atomic E-state index is 0.181. The molecule has 2 aliphatic heterocycles. The van der Waals surface area contributed by atoms with E-state index in [9.17, 15) is 4.79 Å². The average Bonchev–Trinajstić information content (AvgIpc) is 3.39. The number of benzene rings is 1. The fraction of sp³-hybridized carbons (Fsp3) is 0.682. The highest BCUT2D eigenvalue weighted by Crippen LogP contribution is 2.44. The molecule has 0 aromatic heterocycles. The third-order valence-corrected chi connectivity index (χ3v) is 7.03. The number of amides is 1. The smallest absolute Gasteiger partial charge is 0.227 e. The summed E-state index contributed by atoms with van der Waals surface area (Å²) in [7, 11) is 1.73. The van der Waals surface area contributed by atoms with Crippen molar-refractivity contribution in [3.63, 3.8) is 0 Å². The maximum absolute atomic E-state index is 13.3. The predicted octanol–water partition coefficient (Wildman–Crippen LogP) is 2.73. The third kappa shape index (κ3) is 3.59. The van der Waals surface area contributed by atoms with Crippen LogP contribution in [-0.4, -0.2) is 50.6 Å². The van der Waals surface area contributed by atoms with Gasteiger partial charge in [-0.3, -0.25) is 9.69 Å². The fourth-order valence-electron chi connectivity index (χ4n) is 5.49. The van der Waals surface area contributed by atoms with Gasteiger partial charge in [-0.15, -0.1) is 0 Å². The first-order valence-electron chi connectivity index (χ1n) is 10.6. The van der Waals surface area contributed by atoms with Crippen molar-refractivity contribution in [1.29, 1.82) is 0 Å². The standard InChI is InChI=1S/C22H33N3O2/c1-27-20-10-3-2-9-18(20)19(25-12-6-7-13-25)15-24-21(26)22-11-5-4-8-17(22)14-23-16-22/h2-3,9-10,17,19,23H,4-8,11-16H2,1H3,(H,24,26)/t17-,19?,22+/m0/s1. The Morgan fingerprint density at radius 2 is 2.11 bits per heavy atom. The number of methoxy groups -OCH3 is 1. The molecule has 148 valence electrons. The Balaban J connectivity index is 1.51. The van der Waals surface area contributed by atoms with Gasteiger partial charge in [0.05, 0.1) is 18.6 Å². The summed E-state index contributed by atoms with van der Waals surface area (Å²) in [6.45, 7) is 4.68. The lowest BCUT2D eigenvalue weighted by atomic mass is 9.67. The van der Waals surface area contributed by atoms with Crippen LogP contribution in [0.5, 0.6) is 5.75 Å². The Kier molecular flexibility index (Phi) is 5.69. The first-order chi connectivity index (χ1) is 13.2. The zero-order chi connectivity index (χ0) is 18.7. The van der Waals surface area contributed by atoms with Crippen LogP contribution in [0.1, 0.15) is 50.1 Å². The summed E-state index contributed by atoms with van der Waals surface area (Å²) in [4.78, 5) is 15.8. The molecule has 0 spiro atoms. The van der Waals surface area contributed by atoms with Crippen LogP contribution in [0.15, 0.2) is 24.3 Å². The highest BCUT2D eigenvalue weighted by atomic mass is 16.5. The van der Waals surface area contributed by atoms with Crippen LogP contribution < -0.4 is 15.4 Å². The zero-order valence-corrected chi connectivity index (χ0v) is 16.5. The normalized spacial score (nSPS) is 29.3. The first kappa shape index (κ1) is 18.8. The number of nitrogens with zero attached hydrogens (tertiary/aromatic N) is 1. The highest BCUT2D eigenvalue weighted by molar-refractivity contribution is 5.84. The van der Waals surface area contributed by atoms with E-state index in [0.29, 0.717) is 12.5 Å². The number of fused-ring (bicyclic) bond motifs is 1. The van der Waals surface area contributed by atoms with Gasteiger partial charge in [-0.05, 0) is 57.3 Å². The maximum Gasteiger partial charge on any atom is 0.227 e. The molecule has 2 saturated heterocycles. The summed E-state index contributed by atoms with van der Waals surface area (Å²) in [5, 5.41) is 6.85. The zero-order valence-electron chi connectivity index (χ0n) is 16.5. The van der Waals surface area contributed by atoms with Crippen molar-refractivity contribution in [2.45, 2.75) is 44.6 Å². The second kappa shape index (κ2) is 8.19. The van der Waals surface area contributed by atoms with Gasteiger partial charge >= 0.3 is 0 Å². The summed E-state index contributed by atoms with van der Waals surface area (Å²) in [6.07, 6.45) is 7.11. The minimum atomic E-state index is -0.186. The quantitative estimate of drug-likeness (QED) is 0.807. The molecule has 1 saturated carbocycles. The summed E-state index contributed by atoms with van der Waals surface area (Å²) in [5.74, 6) is 1.68. The number of hydrogen-bond donors (Lipinski definition) is 2.